The Labute approximate surface area is 167 Å². The second-order valence-corrected chi connectivity index (χ2v) is 6.26. The molecule has 0 aliphatic heterocycles. The number of carbonyl (C=O) groups excluding carboxylic acids is 2. The predicted molar refractivity (Wildman–Crippen MR) is 104 cm³/mol. The van der Waals surface area contributed by atoms with Crippen LogP contribution in [0, 0.1) is 0 Å². The molecule has 0 aliphatic carbocycles. The molecule has 29 heavy (non-hydrogen) atoms. The third kappa shape index (κ3) is 5.41. The summed E-state index contributed by atoms with van der Waals surface area (Å²) in [6.07, 6.45) is 0.981. The van der Waals surface area contributed by atoms with Crippen molar-refractivity contribution in [3.63, 3.8) is 0 Å². The Balaban J connectivity index is 1.46. The van der Waals surface area contributed by atoms with Crippen LogP contribution in [0.15, 0.2) is 59.3 Å². The van der Waals surface area contributed by atoms with Crippen LogP contribution in [0.1, 0.15) is 22.8 Å². The van der Waals surface area contributed by atoms with Crippen molar-refractivity contribution in [2.75, 3.05) is 13.7 Å². The van der Waals surface area contributed by atoms with E-state index >= 15 is 0 Å². The van der Waals surface area contributed by atoms with Crippen molar-refractivity contribution < 1.29 is 23.5 Å². The summed E-state index contributed by atoms with van der Waals surface area (Å²) in [7, 11) is 1.61. The molecule has 1 aromatic heterocycles. The first-order valence-corrected chi connectivity index (χ1v) is 9.05. The van der Waals surface area contributed by atoms with E-state index in [1.54, 1.807) is 31.4 Å². The molecule has 0 aliphatic rings. The Kier molecular flexibility index (Phi) is 6.57. The lowest BCUT2D eigenvalue weighted by molar-refractivity contribution is -0.129. The summed E-state index contributed by atoms with van der Waals surface area (Å²) in [6, 6.07) is 14.1. The number of methoxy groups -OCH3 is 1. The van der Waals surface area contributed by atoms with Gasteiger partial charge in [0.15, 0.2) is 6.10 Å². The Morgan fingerprint density at radius 2 is 1.83 bits per heavy atom. The summed E-state index contributed by atoms with van der Waals surface area (Å²) in [5.41, 5.74) is 2.08. The van der Waals surface area contributed by atoms with Gasteiger partial charge in [0.25, 0.3) is 5.91 Å². The van der Waals surface area contributed by atoms with Gasteiger partial charge in [0.2, 0.25) is 12.3 Å². The summed E-state index contributed by atoms with van der Waals surface area (Å²) >= 11 is 0. The number of ether oxygens (including phenoxy) is 2. The number of benzene rings is 2. The fourth-order valence-electron chi connectivity index (χ4n) is 2.60. The van der Waals surface area contributed by atoms with E-state index in [0.717, 1.165) is 11.3 Å². The maximum absolute atomic E-state index is 12.2. The molecular formula is C21H21N3O5. The zero-order chi connectivity index (χ0) is 20.6. The molecule has 1 N–H and O–H groups in total. The van der Waals surface area contributed by atoms with Crippen molar-refractivity contribution in [3.05, 3.63) is 66.1 Å². The minimum Gasteiger partial charge on any atom is -0.497 e. The van der Waals surface area contributed by atoms with E-state index in [9.17, 15) is 9.59 Å². The maximum Gasteiger partial charge on any atom is 0.338 e. The van der Waals surface area contributed by atoms with Crippen LogP contribution in [0.4, 0.5) is 0 Å². The fraction of sp³-hybridized carbons (Fsp3) is 0.238. The molecule has 1 heterocycles. The fourth-order valence-corrected chi connectivity index (χ4v) is 2.60. The maximum atomic E-state index is 12.2. The number of nitrogens with one attached hydrogen (secondary N) is 1. The largest absolute Gasteiger partial charge is 0.497 e. The van der Waals surface area contributed by atoms with Crippen LogP contribution in [-0.2, 0) is 16.0 Å². The molecule has 0 bridgehead atoms. The third-order valence-corrected chi connectivity index (χ3v) is 4.25. The van der Waals surface area contributed by atoms with E-state index in [1.165, 1.54) is 13.3 Å². The first-order chi connectivity index (χ1) is 14.1. The van der Waals surface area contributed by atoms with Gasteiger partial charge in [-0.15, -0.1) is 10.2 Å². The lowest BCUT2D eigenvalue weighted by Crippen LogP contribution is -2.36. The van der Waals surface area contributed by atoms with Gasteiger partial charge in [-0.3, -0.25) is 4.79 Å². The number of esters is 1. The quantitative estimate of drug-likeness (QED) is 0.585. The third-order valence-electron chi connectivity index (χ3n) is 4.25. The zero-order valence-corrected chi connectivity index (χ0v) is 16.1. The molecule has 0 unspecified atom stereocenters. The molecule has 0 spiro atoms. The molecule has 2 aromatic carbocycles. The minimum atomic E-state index is -0.908. The highest BCUT2D eigenvalue weighted by atomic mass is 16.5. The summed E-state index contributed by atoms with van der Waals surface area (Å²) in [5, 5.41) is 10.2. The Bertz CT molecular complexity index is 937. The van der Waals surface area contributed by atoms with Crippen molar-refractivity contribution in [3.8, 4) is 17.2 Å². The molecule has 3 rings (SSSR count). The van der Waals surface area contributed by atoms with Gasteiger partial charge in [-0.1, -0.05) is 12.1 Å². The summed E-state index contributed by atoms with van der Waals surface area (Å²) in [4.78, 5) is 24.4. The summed E-state index contributed by atoms with van der Waals surface area (Å²) < 4.78 is 15.5. The van der Waals surface area contributed by atoms with Crippen LogP contribution in [0.5, 0.6) is 5.75 Å². The van der Waals surface area contributed by atoms with Crippen LogP contribution in [0.25, 0.3) is 11.5 Å². The SMILES string of the molecule is COc1ccc(CCNC(=O)[C@H](C)OC(=O)c2ccc(-c3nnco3)cc2)cc1. The van der Waals surface area contributed by atoms with Crippen LogP contribution < -0.4 is 10.1 Å². The van der Waals surface area contributed by atoms with Crippen molar-refractivity contribution in [2.24, 2.45) is 0 Å². The molecule has 0 saturated heterocycles. The summed E-state index contributed by atoms with van der Waals surface area (Å²) in [6.45, 7) is 1.97. The van der Waals surface area contributed by atoms with Gasteiger partial charge < -0.3 is 19.2 Å². The molecule has 8 heteroatoms. The molecular weight excluding hydrogens is 374 g/mol. The monoisotopic (exact) mass is 395 g/mol. The average molecular weight is 395 g/mol. The Hall–Kier alpha value is -3.68. The number of hydrogen-bond donors (Lipinski definition) is 1. The van der Waals surface area contributed by atoms with Crippen LogP contribution in [0.3, 0.4) is 0 Å². The Morgan fingerprint density at radius 3 is 2.45 bits per heavy atom. The van der Waals surface area contributed by atoms with E-state index in [0.29, 0.717) is 30.0 Å². The summed E-state index contributed by atoms with van der Waals surface area (Å²) in [5.74, 6) is 0.201. The van der Waals surface area contributed by atoms with Gasteiger partial charge in [-0.25, -0.2) is 4.79 Å². The highest BCUT2D eigenvalue weighted by Gasteiger charge is 2.18. The van der Waals surface area contributed by atoms with Crippen molar-refractivity contribution in [1.29, 1.82) is 0 Å². The average Bonchev–Trinajstić information content (AvgIpc) is 3.29. The van der Waals surface area contributed by atoms with Gasteiger partial charge in [-0.2, -0.15) is 0 Å². The minimum absolute atomic E-state index is 0.325. The molecule has 0 saturated carbocycles. The van der Waals surface area contributed by atoms with E-state index in [4.69, 9.17) is 13.9 Å². The zero-order valence-electron chi connectivity index (χ0n) is 16.1. The standard InChI is InChI=1S/C21H21N3O5/c1-14(19(25)22-12-11-15-3-9-18(27-2)10-4-15)29-21(26)17-7-5-16(6-8-17)20-24-23-13-28-20/h3-10,13-14H,11-12H2,1-2H3,(H,22,25)/t14-/m0/s1. The molecule has 3 aromatic rings. The highest BCUT2D eigenvalue weighted by Crippen LogP contribution is 2.17. The lowest BCUT2D eigenvalue weighted by atomic mass is 10.1. The van der Waals surface area contributed by atoms with Crippen LogP contribution in [0.2, 0.25) is 0 Å². The normalized spacial score (nSPS) is 11.5. The van der Waals surface area contributed by atoms with Crippen molar-refractivity contribution in [1.82, 2.24) is 15.5 Å². The van der Waals surface area contributed by atoms with Gasteiger partial charge in [0.1, 0.15) is 5.75 Å². The van der Waals surface area contributed by atoms with Gasteiger partial charge in [0.05, 0.1) is 12.7 Å². The number of rotatable bonds is 8. The van der Waals surface area contributed by atoms with Gasteiger partial charge in [-0.05, 0) is 55.3 Å². The highest BCUT2D eigenvalue weighted by molar-refractivity contribution is 5.92. The first-order valence-electron chi connectivity index (χ1n) is 9.05. The van der Waals surface area contributed by atoms with E-state index in [1.807, 2.05) is 24.3 Å². The predicted octanol–water partition coefficient (Wildman–Crippen LogP) is 2.65. The van der Waals surface area contributed by atoms with Crippen LogP contribution in [-0.4, -0.2) is 41.8 Å². The van der Waals surface area contributed by atoms with Gasteiger partial charge in [0, 0.05) is 12.1 Å². The topological polar surface area (TPSA) is 104 Å². The smallest absolute Gasteiger partial charge is 0.338 e. The molecule has 150 valence electrons. The first kappa shape index (κ1) is 20.1. The molecule has 1 amide bonds. The van der Waals surface area contributed by atoms with Crippen LogP contribution >= 0.6 is 0 Å². The molecule has 8 nitrogen and oxygen atoms in total. The van der Waals surface area contributed by atoms with E-state index < -0.39 is 12.1 Å². The van der Waals surface area contributed by atoms with Crippen molar-refractivity contribution in [2.45, 2.75) is 19.4 Å². The number of amides is 1. The lowest BCUT2D eigenvalue weighted by Gasteiger charge is -2.13. The van der Waals surface area contributed by atoms with Gasteiger partial charge >= 0.3 is 5.97 Å². The Morgan fingerprint density at radius 1 is 1.10 bits per heavy atom. The van der Waals surface area contributed by atoms with E-state index in [-0.39, 0.29) is 5.91 Å². The van der Waals surface area contributed by atoms with E-state index in [2.05, 4.69) is 15.5 Å². The number of hydrogen-bond acceptors (Lipinski definition) is 7. The number of aromatic nitrogens is 2. The molecule has 0 fully saturated rings. The molecule has 1 atom stereocenters. The number of carbonyl (C=O) groups is 2. The second-order valence-electron chi connectivity index (χ2n) is 6.26. The second kappa shape index (κ2) is 9.50. The molecule has 0 radical (unpaired) electrons. The number of nitrogens with zero attached hydrogens (tertiary/aromatic N) is 2. The van der Waals surface area contributed by atoms with Crippen molar-refractivity contribution >= 4 is 11.9 Å².